The van der Waals surface area contributed by atoms with Crippen molar-refractivity contribution in [3.05, 3.63) is 40.1 Å². The fraction of sp³-hybridized carbons (Fsp3) is 0. The smallest absolute Gasteiger partial charge is 0.337 e. The molecule has 2 rings (SSSR count). The van der Waals surface area contributed by atoms with E-state index in [1.54, 1.807) is 18.2 Å². The van der Waals surface area contributed by atoms with Crippen LogP contribution in [0.25, 0.3) is 10.8 Å². The maximum Gasteiger partial charge on any atom is 0.337 e. The zero-order valence-electron chi connectivity index (χ0n) is 7.37. The van der Waals surface area contributed by atoms with E-state index in [9.17, 15) is 4.79 Å². The first kappa shape index (κ1) is 10.2. The Labute approximate surface area is 95.3 Å². The van der Waals surface area contributed by atoms with Crippen molar-refractivity contribution in [3.8, 4) is 0 Å². The predicted octanol–water partition coefficient (Wildman–Crippen LogP) is 3.24. The highest BCUT2D eigenvalue weighted by molar-refractivity contribution is 6.36. The van der Waals surface area contributed by atoms with Crippen molar-refractivity contribution in [1.29, 1.82) is 0 Å². The Bertz CT molecular complexity index is 554. The highest BCUT2D eigenvalue weighted by Gasteiger charge is 2.11. The minimum Gasteiger partial charge on any atom is -0.478 e. The highest BCUT2D eigenvalue weighted by Crippen LogP contribution is 2.27. The minimum absolute atomic E-state index is 0.0944. The fourth-order valence-corrected chi connectivity index (χ4v) is 1.74. The van der Waals surface area contributed by atoms with Crippen LogP contribution < -0.4 is 0 Å². The Morgan fingerprint density at radius 2 is 2.00 bits per heavy atom. The number of aromatic nitrogens is 1. The lowest BCUT2D eigenvalue weighted by molar-refractivity contribution is 0.0698. The van der Waals surface area contributed by atoms with Crippen molar-refractivity contribution in [3.63, 3.8) is 0 Å². The summed E-state index contributed by atoms with van der Waals surface area (Å²) >= 11 is 11.6. The van der Waals surface area contributed by atoms with Gasteiger partial charge in [-0.25, -0.2) is 9.78 Å². The van der Waals surface area contributed by atoms with Crippen LogP contribution in [0.2, 0.25) is 10.2 Å². The predicted molar refractivity (Wildman–Crippen MR) is 58.7 cm³/mol. The van der Waals surface area contributed by atoms with E-state index in [0.29, 0.717) is 15.8 Å². The molecule has 0 saturated carbocycles. The lowest BCUT2D eigenvalue weighted by atomic mass is 10.1. The van der Waals surface area contributed by atoms with Crippen molar-refractivity contribution in [2.75, 3.05) is 0 Å². The van der Waals surface area contributed by atoms with Crippen LogP contribution in [0, 0.1) is 0 Å². The number of pyridine rings is 1. The van der Waals surface area contributed by atoms with Crippen LogP contribution in [0.1, 0.15) is 10.4 Å². The van der Waals surface area contributed by atoms with Gasteiger partial charge in [-0.2, -0.15) is 0 Å². The molecule has 0 radical (unpaired) electrons. The number of fused-ring (bicyclic) bond motifs is 1. The molecule has 0 fully saturated rings. The van der Waals surface area contributed by atoms with Crippen LogP contribution in [0.4, 0.5) is 0 Å². The first-order valence-electron chi connectivity index (χ1n) is 4.06. The van der Waals surface area contributed by atoms with Crippen LogP contribution in [0.5, 0.6) is 0 Å². The van der Waals surface area contributed by atoms with Gasteiger partial charge < -0.3 is 5.11 Å². The molecule has 1 heterocycles. The standard InChI is InChI=1S/C10H5Cl2NO2/c11-5-1-2-6-7(3-5)8(10(14)15)4-13-9(6)12/h1-4H,(H,14,15). The SMILES string of the molecule is O=C(O)c1cnc(Cl)c2ccc(Cl)cc12. The Morgan fingerprint density at radius 3 is 2.67 bits per heavy atom. The van der Waals surface area contributed by atoms with Crippen molar-refractivity contribution in [1.82, 2.24) is 4.98 Å². The van der Waals surface area contributed by atoms with Gasteiger partial charge in [-0.3, -0.25) is 0 Å². The second-order valence-electron chi connectivity index (χ2n) is 2.96. The molecular weight excluding hydrogens is 237 g/mol. The van der Waals surface area contributed by atoms with Crippen molar-refractivity contribution in [2.24, 2.45) is 0 Å². The van der Waals surface area contributed by atoms with Crippen LogP contribution in [0.15, 0.2) is 24.4 Å². The third-order valence-electron chi connectivity index (χ3n) is 2.03. The van der Waals surface area contributed by atoms with Crippen molar-refractivity contribution in [2.45, 2.75) is 0 Å². The molecule has 2 aromatic rings. The van der Waals surface area contributed by atoms with Gasteiger partial charge >= 0.3 is 5.97 Å². The average Bonchev–Trinajstić information content (AvgIpc) is 2.17. The van der Waals surface area contributed by atoms with Gasteiger partial charge in [0.05, 0.1) is 5.56 Å². The normalized spacial score (nSPS) is 10.5. The Hall–Kier alpha value is -1.32. The number of carboxylic acid groups (broad SMARTS) is 1. The average molecular weight is 242 g/mol. The minimum atomic E-state index is -1.05. The van der Waals surface area contributed by atoms with E-state index in [-0.39, 0.29) is 10.7 Å². The van der Waals surface area contributed by atoms with Crippen LogP contribution in [-0.2, 0) is 0 Å². The molecule has 0 bridgehead atoms. The Kier molecular flexibility index (Phi) is 2.50. The first-order valence-corrected chi connectivity index (χ1v) is 4.82. The van der Waals surface area contributed by atoms with E-state index in [4.69, 9.17) is 28.3 Å². The number of carboxylic acids is 1. The number of carbonyl (C=O) groups is 1. The molecule has 0 unspecified atom stereocenters. The second kappa shape index (κ2) is 3.68. The lowest BCUT2D eigenvalue weighted by Gasteiger charge is -2.03. The number of hydrogen-bond acceptors (Lipinski definition) is 2. The van der Waals surface area contributed by atoms with E-state index in [0.717, 1.165) is 0 Å². The van der Waals surface area contributed by atoms with Gasteiger partial charge in [0, 0.05) is 22.0 Å². The molecule has 0 amide bonds. The van der Waals surface area contributed by atoms with Crippen LogP contribution >= 0.6 is 23.2 Å². The molecule has 0 aliphatic carbocycles. The zero-order valence-corrected chi connectivity index (χ0v) is 8.88. The molecule has 0 spiro atoms. The monoisotopic (exact) mass is 241 g/mol. The fourth-order valence-electron chi connectivity index (χ4n) is 1.35. The Balaban J connectivity index is 2.90. The number of aromatic carboxylic acids is 1. The number of halogens is 2. The van der Waals surface area contributed by atoms with Crippen molar-refractivity contribution < 1.29 is 9.90 Å². The second-order valence-corrected chi connectivity index (χ2v) is 3.75. The third kappa shape index (κ3) is 1.76. The van der Waals surface area contributed by atoms with Gasteiger partial charge in [0.2, 0.25) is 0 Å². The highest BCUT2D eigenvalue weighted by atomic mass is 35.5. The molecule has 1 aromatic heterocycles. The summed E-state index contributed by atoms with van der Waals surface area (Å²) in [4.78, 5) is 14.7. The molecule has 0 aliphatic rings. The van der Waals surface area contributed by atoms with E-state index in [1.807, 2.05) is 0 Å². The van der Waals surface area contributed by atoms with E-state index in [1.165, 1.54) is 6.20 Å². The topological polar surface area (TPSA) is 50.2 Å². The molecule has 0 saturated heterocycles. The van der Waals surface area contributed by atoms with Crippen LogP contribution in [-0.4, -0.2) is 16.1 Å². The summed E-state index contributed by atoms with van der Waals surface area (Å²) in [5.41, 5.74) is 0.0944. The van der Waals surface area contributed by atoms with Gasteiger partial charge in [0.25, 0.3) is 0 Å². The summed E-state index contributed by atoms with van der Waals surface area (Å²) in [7, 11) is 0. The molecule has 3 nitrogen and oxygen atoms in total. The maximum atomic E-state index is 10.9. The summed E-state index contributed by atoms with van der Waals surface area (Å²) in [6.07, 6.45) is 1.23. The number of hydrogen-bond donors (Lipinski definition) is 1. The van der Waals surface area contributed by atoms with Gasteiger partial charge in [-0.15, -0.1) is 0 Å². The summed E-state index contributed by atoms with van der Waals surface area (Å²) in [6.45, 7) is 0. The Morgan fingerprint density at radius 1 is 1.27 bits per heavy atom. The number of nitrogens with zero attached hydrogens (tertiary/aromatic N) is 1. The van der Waals surface area contributed by atoms with E-state index >= 15 is 0 Å². The molecule has 5 heteroatoms. The number of benzene rings is 1. The molecule has 76 valence electrons. The van der Waals surface area contributed by atoms with E-state index < -0.39 is 5.97 Å². The van der Waals surface area contributed by atoms with Gasteiger partial charge in [-0.05, 0) is 18.2 Å². The summed E-state index contributed by atoms with van der Waals surface area (Å²) in [6, 6.07) is 4.86. The lowest BCUT2D eigenvalue weighted by Crippen LogP contribution is -1.98. The molecule has 0 aliphatic heterocycles. The van der Waals surface area contributed by atoms with Gasteiger partial charge in [0.1, 0.15) is 5.15 Å². The molecular formula is C10H5Cl2NO2. The zero-order chi connectivity index (χ0) is 11.0. The largest absolute Gasteiger partial charge is 0.478 e. The molecule has 1 N–H and O–H groups in total. The van der Waals surface area contributed by atoms with Gasteiger partial charge in [0.15, 0.2) is 0 Å². The number of rotatable bonds is 1. The molecule has 15 heavy (non-hydrogen) atoms. The van der Waals surface area contributed by atoms with Crippen LogP contribution in [0.3, 0.4) is 0 Å². The van der Waals surface area contributed by atoms with E-state index in [2.05, 4.69) is 4.98 Å². The first-order chi connectivity index (χ1) is 7.09. The quantitative estimate of drug-likeness (QED) is 0.781. The third-order valence-corrected chi connectivity index (χ3v) is 2.57. The van der Waals surface area contributed by atoms with Crippen molar-refractivity contribution >= 4 is 39.9 Å². The molecule has 0 atom stereocenters. The summed E-state index contributed by atoms with van der Waals surface area (Å²) in [5, 5.41) is 10.8. The summed E-state index contributed by atoms with van der Waals surface area (Å²) in [5.74, 6) is -1.05. The maximum absolute atomic E-state index is 10.9. The summed E-state index contributed by atoms with van der Waals surface area (Å²) < 4.78 is 0. The van der Waals surface area contributed by atoms with Gasteiger partial charge in [-0.1, -0.05) is 23.2 Å². The molecule has 1 aromatic carbocycles.